The van der Waals surface area contributed by atoms with Gasteiger partial charge in [0.2, 0.25) is 0 Å². The Morgan fingerprint density at radius 2 is 0.898 bits per heavy atom. The maximum absolute atomic E-state index is 12.6. The Hall–Kier alpha value is -1.54. The standard InChI is InChI=1S/C50H94NO7P/c1-3-5-7-9-11-13-15-17-19-21-23-24-25-27-29-31-33-35-37-39-41-43-50(52)58-49(48-57-59(53,54)56-46-44-51)47-55-45-42-40-38-36-34-32-30-28-26-22-20-18-16-14-12-10-8-6-4-2/h14-17,20-23,49H,3-13,18-19,24-48,51H2,1-2H3,(H,53,54)/b16-14-,17-15-,22-20-,23-21-. The maximum Gasteiger partial charge on any atom is 0.472 e. The van der Waals surface area contributed by atoms with Crippen molar-refractivity contribution in [1.29, 1.82) is 0 Å². The van der Waals surface area contributed by atoms with E-state index in [0.29, 0.717) is 13.0 Å². The molecule has 0 aromatic heterocycles. The maximum atomic E-state index is 12.6. The van der Waals surface area contributed by atoms with E-state index in [-0.39, 0.29) is 32.3 Å². The molecule has 8 nitrogen and oxygen atoms in total. The molecule has 0 saturated heterocycles. The number of allylic oxidation sites excluding steroid dienone is 8. The molecule has 0 aliphatic carbocycles. The van der Waals surface area contributed by atoms with Crippen molar-refractivity contribution in [3.05, 3.63) is 48.6 Å². The minimum Gasteiger partial charge on any atom is -0.457 e. The minimum absolute atomic E-state index is 0.0975. The molecule has 0 aliphatic rings. The number of unbranched alkanes of at least 4 members (excludes halogenated alkanes) is 26. The van der Waals surface area contributed by atoms with E-state index in [2.05, 4.69) is 62.5 Å². The van der Waals surface area contributed by atoms with E-state index in [1.54, 1.807) is 0 Å². The van der Waals surface area contributed by atoms with Gasteiger partial charge >= 0.3 is 13.8 Å². The lowest BCUT2D eigenvalue weighted by Crippen LogP contribution is -2.28. The monoisotopic (exact) mass is 852 g/mol. The summed E-state index contributed by atoms with van der Waals surface area (Å²) >= 11 is 0. The number of carbonyl (C=O) groups is 1. The third-order valence-electron chi connectivity index (χ3n) is 10.5. The summed E-state index contributed by atoms with van der Waals surface area (Å²) in [5.74, 6) is -0.336. The van der Waals surface area contributed by atoms with E-state index < -0.39 is 13.9 Å². The molecular weight excluding hydrogens is 758 g/mol. The van der Waals surface area contributed by atoms with E-state index in [0.717, 1.165) is 44.9 Å². The van der Waals surface area contributed by atoms with E-state index in [1.165, 1.54) is 161 Å². The molecule has 0 aromatic rings. The largest absolute Gasteiger partial charge is 0.472 e. The van der Waals surface area contributed by atoms with E-state index >= 15 is 0 Å². The van der Waals surface area contributed by atoms with Crippen molar-refractivity contribution in [3.63, 3.8) is 0 Å². The average molecular weight is 852 g/mol. The number of nitrogens with two attached hydrogens (primary N) is 1. The second-order valence-electron chi connectivity index (χ2n) is 16.3. The molecule has 9 heteroatoms. The first-order valence-electron chi connectivity index (χ1n) is 24.6. The number of phosphoric ester groups is 1. The first-order valence-corrected chi connectivity index (χ1v) is 26.1. The Morgan fingerprint density at radius 3 is 1.34 bits per heavy atom. The van der Waals surface area contributed by atoms with Gasteiger partial charge in [0.25, 0.3) is 0 Å². The van der Waals surface area contributed by atoms with Gasteiger partial charge in [-0.2, -0.15) is 0 Å². The van der Waals surface area contributed by atoms with Gasteiger partial charge in [-0.1, -0.05) is 191 Å². The predicted molar refractivity (Wildman–Crippen MR) is 252 cm³/mol. The summed E-state index contributed by atoms with van der Waals surface area (Å²) in [6.45, 7) is 4.90. The molecule has 0 bridgehead atoms. The Bertz CT molecular complexity index is 1050. The Kier molecular flexibility index (Phi) is 46.3. The molecule has 2 unspecified atom stereocenters. The first kappa shape index (κ1) is 57.5. The van der Waals surface area contributed by atoms with Crippen molar-refractivity contribution < 1.29 is 32.8 Å². The molecule has 0 amide bonds. The van der Waals surface area contributed by atoms with Gasteiger partial charge in [-0.15, -0.1) is 0 Å². The molecule has 3 N–H and O–H groups in total. The molecular formula is C50H94NO7P. The second kappa shape index (κ2) is 47.5. The SMILES string of the molecule is CCCCCC/C=C\C/C=C\CCCCCCCCCCOCC(COP(=O)(O)OCCN)OC(=O)CCCCCCCCCCC/C=C\C/C=C\CCCCCCC. The fourth-order valence-electron chi connectivity index (χ4n) is 6.82. The molecule has 59 heavy (non-hydrogen) atoms. The lowest BCUT2D eigenvalue weighted by Gasteiger charge is -2.20. The summed E-state index contributed by atoms with van der Waals surface area (Å²) in [5.41, 5.74) is 5.38. The van der Waals surface area contributed by atoms with Crippen LogP contribution >= 0.6 is 7.82 Å². The number of ether oxygens (including phenoxy) is 2. The fraction of sp³-hybridized carbons (Fsp3) is 0.820. The van der Waals surface area contributed by atoms with Crippen LogP contribution in [-0.2, 0) is 27.9 Å². The lowest BCUT2D eigenvalue weighted by atomic mass is 10.1. The van der Waals surface area contributed by atoms with Crippen molar-refractivity contribution in [1.82, 2.24) is 0 Å². The second-order valence-corrected chi connectivity index (χ2v) is 17.8. The smallest absolute Gasteiger partial charge is 0.457 e. The first-order chi connectivity index (χ1) is 28.9. The van der Waals surface area contributed by atoms with Gasteiger partial charge in [0.15, 0.2) is 0 Å². The van der Waals surface area contributed by atoms with E-state index in [4.69, 9.17) is 24.3 Å². The summed E-state index contributed by atoms with van der Waals surface area (Å²) in [7, 11) is -4.28. The number of hydrogen-bond donors (Lipinski definition) is 2. The molecule has 0 spiro atoms. The summed E-state index contributed by atoms with van der Waals surface area (Å²) in [6, 6.07) is 0. The van der Waals surface area contributed by atoms with Crippen LogP contribution in [-0.4, -0.2) is 49.9 Å². The van der Waals surface area contributed by atoms with Crippen LogP contribution in [0, 0.1) is 0 Å². The van der Waals surface area contributed by atoms with Crippen LogP contribution in [0.4, 0.5) is 0 Å². The van der Waals surface area contributed by atoms with Gasteiger partial charge in [0.1, 0.15) is 6.10 Å². The number of phosphoric acid groups is 1. The predicted octanol–water partition coefficient (Wildman–Crippen LogP) is 15.1. The van der Waals surface area contributed by atoms with Gasteiger partial charge in [-0.3, -0.25) is 13.8 Å². The highest BCUT2D eigenvalue weighted by Crippen LogP contribution is 2.43. The Morgan fingerprint density at radius 1 is 0.508 bits per heavy atom. The van der Waals surface area contributed by atoms with Gasteiger partial charge in [-0.05, 0) is 77.0 Å². The van der Waals surface area contributed by atoms with Gasteiger partial charge in [-0.25, -0.2) is 4.57 Å². The normalized spacial score (nSPS) is 13.8. The fourth-order valence-corrected chi connectivity index (χ4v) is 7.59. The molecule has 0 aliphatic heterocycles. The quantitative estimate of drug-likeness (QED) is 0.0269. The number of rotatable bonds is 47. The van der Waals surface area contributed by atoms with Crippen LogP contribution in [0.5, 0.6) is 0 Å². The van der Waals surface area contributed by atoms with Crippen molar-refractivity contribution >= 4 is 13.8 Å². The van der Waals surface area contributed by atoms with Gasteiger partial charge in [0, 0.05) is 19.6 Å². The zero-order chi connectivity index (χ0) is 43.0. The molecule has 0 saturated carbocycles. The molecule has 0 aromatic carbocycles. The number of esters is 1. The highest BCUT2D eigenvalue weighted by Gasteiger charge is 2.25. The topological polar surface area (TPSA) is 117 Å². The summed E-state index contributed by atoms with van der Waals surface area (Å²) in [4.78, 5) is 22.6. The van der Waals surface area contributed by atoms with E-state index in [9.17, 15) is 14.3 Å². The van der Waals surface area contributed by atoms with Crippen LogP contribution in [0.15, 0.2) is 48.6 Å². The van der Waals surface area contributed by atoms with Crippen LogP contribution in [0.1, 0.15) is 226 Å². The number of carbonyl (C=O) groups excluding carboxylic acids is 1. The average Bonchev–Trinajstić information content (AvgIpc) is 3.23. The Labute approximate surface area is 364 Å². The molecule has 0 heterocycles. The lowest BCUT2D eigenvalue weighted by molar-refractivity contribution is -0.154. The van der Waals surface area contributed by atoms with Crippen LogP contribution in [0.2, 0.25) is 0 Å². The van der Waals surface area contributed by atoms with Gasteiger partial charge < -0.3 is 20.1 Å². The zero-order valence-electron chi connectivity index (χ0n) is 38.5. The van der Waals surface area contributed by atoms with Crippen LogP contribution < -0.4 is 5.73 Å². The molecule has 346 valence electrons. The van der Waals surface area contributed by atoms with E-state index in [1.807, 2.05) is 0 Å². The van der Waals surface area contributed by atoms with Crippen molar-refractivity contribution in [2.45, 2.75) is 232 Å². The minimum atomic E-state index is -4.28. The van der Waals surface area contributed by atoms with Crippen molar-refractivity contribution in [3.8, 4) is 0 Å². The molecule has 2 atom stereocenters. The Balaban J connectivity index is 3.99. The summed E-state index contributed by atoms with van der Waals surface area (Å²) < 4.78 is 33.5. The molecule has 0 rings (SSSR count). The highest BCUT2D eigenvalue weighted by molar-refractivity contribution is 7.47. The third kappa shape index (κ3) is 47.4. The van der Waals surface area contributed by atoms with Crippen molar-refractivity contribution in [2.75, 3.05) is 33.0 Å². The number of hydrogen-bond acceptors (Lipinski definition) is 7. The molecule has 0 fully saturated rings. The summed E-state index contributed by atoms with van der Waals surface area (Å²) in [5, 5.41) is 0. The zero-order valence-corrected chi connectivity index (χ0v) is 39.4. The van der Waals surface area contributed by atoms with Gasteiger partial charge in [0.05, 0.1) is 19.8 Å². The third-order valence-corrected chi connectivity index (χ3v) is 11.5. The molecule has 0 radical (unpaired) electrons. The van der Waals surface area contributed by atoms with Crippen LogP contribution in [0.25, 0.3) is 0 Å². The highest BCUT2D eigenvalue weighted by atomic mass is 31.2. The van der Waals surface area contributed by atoms with Crippen LogP contribution in [0.3, 0.4) is 0 Å². The summed E-state index contributed by atoms with van der Waals surface area (Å²) in [6.07, 6.45) is 57.0. The van der Waals surface area contributed by atoms with Crippen molar-refractivity contribution in [2.24, 2.45) is 5.73 Å².